The topological polar surface area (TPSA) is 57.0 Å². The molecule has 0 atom stereocenters. The lowest BCUT2D eigenvalue weighted by molar-refractivity contribution is 0.111. The summed E-state index contributed by atoms with van der Waals surface area (Å²) in [6, 6.07) is 7.21. The van der Waals surface area contributed by atoms with E-state index in [-0.39, 0.29) is 0 Å². The molecule has 6 heteroatoms. The molecule has 0 aliphatic carbocycles. The van der Waals surface area contributed by atoms with E-state index in [0.29, 0.717) is 30.2 Å². The molecule has 1 aromatic heterocycles. The molecule has 0 unspecified atom stereocenters. The van der Waals surface area contributed by atoms with Gasteiger partial charge in [0.15, 0.2) is 6.29 Å². The molecule has 2 aromatic rings. The number of carbonyl (C=O) groups excluding carboxylic acids is 1. The van der Waals surface area contributed by atoms with Gasteiger partial charge in [0, 0.05) is 18.0 Å². The lowest BCUT2D eigenvalue weighted by Gasteiger charge is -2.05. The lowest BCUT2D eigenvalue weighted by atomic mass is 10.3. The molecule has 2 rings (SSSR count). The zero-order valence-electron chi connectivity index (χ0n) is 9.62. The van der Waals surface area contributed by atoms with Crippen molar-refractivity contribution in [2.75, 3.05) is 6.61 Å². The number of aldehydes is 1. The Balaban J connectivity index is 1.72. The highest BCUT2D eigenvalue weighted by Gasteiger charge is 1.99. The maximum Gasteiger partial charge on any atom is 0.171 e. The van der Waals surface area contributed by atoms with E-state index in [1.165, 1.54) is 0 Å². The van der Waals surface area contributed by atoms with Crippen LogP contribution in [0.1, 0.15) is 16.9 Å². The van der Waals surface area contributed by atoms with Crippen molar-refractivity contribution in [1.82, 2.24) is 15.0 Å². The second-order valence-corrected chi connectivity index (χ2v) is 4.12. The molecular formula is C12H12ClN3O2. The standard InChI is InChI=1S/C12H12ClN3O2/c13-10-2-4-12(5-3-10)18-7-1-6-16-8-11(9-17)14-15-16/h2-5,8-9H,1,6-7H2. The van der Waals surface area contributed by atoms with E-state index in [0.717, 1.165) is 12.2 Å². The Morgan fingerprint density at radius 3 is 2.78 bits per heavy atom. The zero-order valence-corrected chi connectivity index (χ0v) is 10.4. The Hall–Kier alpha value is -1.88. The molecule has 0 bridgehead atoms. The number of aryl methyl sites for hydroxylation is 1. The Kier molecular flexibility index (Phi) is 4.30. The number of halogens is 1. The van der Waals surface area contributed by atoms with Crippen molar-refractivity contribution < 1.29 is 9.53 Å². The summed E-state index contributed by atoms with van der Waals surface area (Å²) in [5.41, 5.74) is 0.341. The zero-order chi connectivity index (χ0) is 12.8. The molecule has 0 N–H and O–H groups in total. The summed E-state index contributed by atoms with van der Waals surface area (Å²) in [6.07, 6.45) is 3.06. The predicted octanol–water partition coefficient (Wildman–Crippen LogP) is 2.21. The predicted molar refractivity (Wildman–Crippen MR) is 67.0 cm³/mol. The molecule has 0 saturated heterocycles. The first kappa shape index (κ1) is 12.6. The SMILES string of the molecule is O=Cc1cn(CCCOc2ccc(Cl)cc2)nn1. The highest BCUT2D eigenvalue weighted by molar-refractivity contribution is 6.30. The van der Waals surface area contributed by atoms with Gasteiger partial charge in [0.05, 0.1) is 12.8 Å². The number of hydrogen-bond donors (Lipinski definition) is 0. The Morgan fingerprint density at radius 2 is 2.11 bits per heavy atom. The summed E-state index contributed by atoms with van der Waals surface area (Å²) in [7, 11) is 0. The van der Waals surface area contributed by atoms with Crippen LogP contribution in [0.3, 0.4) is 0 Å². The Labute approximate surface area is 109 Å². The Morgan fingerprint density at radius 1 is 1.33 bits per heavy atom. The third-order valence-corrected chi connectivity index (χ3v) is 2.54. The lowest BCUT2D eigenvalue weighted by Crippen LogP contribution is -2.05. The molecule has 1 aromatic carbocycles. The van der Waals surface area contributed by atoms with Crippen molar-refractivity contribution in [3.05, 3.63) is 41.2 Å². The van der Waals surface area contributed by atoms with Gasteiger partial charge in [-0.1, -0.05) is 16.8 Å². The van der Waals surface area contributed by atoms with Crippen molar-refractivity contribution in [2.24, 2.45) is 0 Å². The van der Waals surface area contributed by atoms with Gasteiger partial charge in [-0.3, -0.25) is 9.48 Å². The van der Waals surface area contributed by atoms with Crippen LogP contribution in [0.5, 0.6) is 5.75 Å². The molecule has 94 valence electrons. The molecule has 5 nitrogen and oxygen atoms in total. The summed E-state index contributed by atoms with van der Waals surface area (Å²) in [6.45, 7) is 1.23. The molecule has 0 radical (unpaired) electrons. The molecule has 0 saturated carbocycles. The quantitative estimate of drug-likeness (QED) is 0.594. The summed E-state index contributed by atoms with van der Waals surface area (Å²) in [5, 5.41) is 8.16. The molecule has 1 heterocycles. The number of nitrogens with zero attached hydrogens (tertiary/aromatic N) is 3. The van der Waals surface area contributed by atoms with Crippen LogP contribution in [0, 0.1) is 0 Å². The van der Waals surface area contributed by atoms with Gasteiger partial charge >= 0.3 is 0 Å². The molecule has 0 fully saturated rings. The average molecular weight is 266 g/mol. The smallest absolute Gasteiger partial charge is 0.171 e. The Bertz CT molecular complexity index is 510. The third-order valence-electron chi connectivity index (χ3n) is 2.29. The van der Waals surface area contributed by atoms with E-state index in [9.17, 15) is 4.79 Å². The minimum Gasteiger partial charge on any atom is -0.494 e. The maximum atomic E-state index is 10.4. The average Bonchev–Trinajstić information content (AvgIpc) is 2.85. The minimum atomic E-state index is 0.341. The third kappa shape index (κ3) is 3.56. The van der Waals surface area contributed by atoms with Gasteiger partial charge in [-0.05, 0) is 24.3 Å². The van der Waals surface area contributed by atoms with Crippen LogP contribution >= 0.6 is 11.6 Å². The van der Waals surface area contributed by atoms with Crippen LogP contribution in [0.4, 0.5) is 0 Å². The summed E-state index contributed by atoms with van der Waals surface area (Å²) < 4.78 is 7.15. The van der Waals surface area contributed by atoms with Crippen molar-refractivity contribution in [1.29, 1.82) is 0 Å². The highest BCUT2D eigenvalue weighted by Crippen LogP contribution is 2.15. The van der Waals surface area contributed by atoms with Crippen molar-refractivity contribution in [3.8, 4) is 5.75 Å². The van der Waals surface area contributed by atoms with Crippen LogP contribution < -0.4 is 4.74 Å². The summed E-state index contributed by atoms with van der Waals surface area (Å²) in [4.78, 5) is 10.4. The van der Waals surface area contributed by atoms with Gasteiger partial charge in [0.2, 0.25) is 0 Å². The van der Waals surface area contributed by atoms with Crippen molar-refractivity contribution in [2.45, 2.75) is 13.0 Å². The minimum absolute atomic E-state index is 0.341. The first-order valence-electron chi connectivity index (χ1n) is 5.51. The van der Waals surface area contributed by atoms with Gasteiger partial charge < -0.3 is 4.74 Å². The van der Waals surface area contributed by atoms with E-state index in [1.807, 2.05) is 12.1 Å². The fourth-order valence-corrected chi connectivity index (χ4v) is 1.55. The molecule has 0 aliphatic heterocycles. The van der Waals surface area contributed by atoms with Crippen LogP contribution in [0.25, 0.3) is 0 Å². The summed E-state index contributed by atoms with van der Waals surface area (Å²) in [5.74, 6) is 0.784. The molecule has 0 amide bonds. The number of ether oxygens (including phenoxy) is 1. The monoisotopic (exact) mass is 265 g/mol. The second kappa shape index (κ2) is 6.16. The molecular weight excluding hydrogens is 254 g/mol. The van der Waals surface area contributed by atoms with Gasteiger partial charge in [-0.2, -0.15) is 0 Å². The largest absolute Gasteiger partial charge is 0.494 e. The van der Waals surface area contributed by atoms with Crippen molar-refractivity contribution in [3.63, 3.8) is 0 Å². The van der Waals surface area contributed by atoms with Crippen LogP contribution in [-0.4, -0.2) is 27.9 Å². The molecule has 0 aliphatic rings. The summed E-state index contributed by atoms with van der Waals surface area (Å²) >= 11 is 5.77. The van der Waals surface area contributed by atoms with Gasteiger partial charge in [0.1, 0.15) is 11.4 Å². The second-order valence-electron chi connectivity index (χ2n) is 3.68. The van der Waals surface area contributed by atoms with Gasteiger partial charge in [-0.15, -0.1) is 5.10 Å². The first-order chi connectivity index (χ1) is 8.78. The van der Waals surface area contributed by atoms with E-state index in [1.54, 1.807) is 23.0 Å². The fraction of sp³-hybridized carbons (Fsp3) is 0.250. The van der Waals surface area contributed by atoms with E-state index in [4.69, 9.17) is 16.3 Å². The van der Waals surface area contributed by atoms with Gasteiger partial charge in [0.25, 0.3) is 0 Å². The number of aromatic nitrogens is 3. The molecule has 18 heavy (non-hydrogen) atoms. The number of carbonyl (C=O) groups is 1. The first-order valence-corrected chi connectivity index (χ1v) is 5.89. The van der Waals surface area contributed by atoms with E-state index >= 15 is 0 Å². The van der Waals surface area contributed by atoms with Crippen LogP contribution in [0.2, 0.25) is 5.02 Å². The van der Waals surface area contributed by atoms with E-state index in [2.05, 4.69) is 10.3 Å². The molecule has 0 spiro atoms. The highest BCUT2D eigenvalue weighted by atomic mass is 35.5. The van der Waals surface area contributed by atoms with Crippen LogP contribution in [-0.2, 0) is 6.54 Å². The number of hydrogen-bond acceptors (Lipinski definition) is 4. The fourth-order valence-electron chi connectivity index (χ4n) is 1.42. The van der Waals surface area contributed by atoms with E-state index < -0.39 is 0 Å². The van der Waals surface area contributed by atoms with Crippen molar-refractivity contribution >= 4 is 17.9 Å². The normalized spacial score (nSPS) is 10.3. The van der Waals surface area contributed by atoms with Crippen LogP contribution in [0.15, 0.2) is 30.5 Å². The number of rotatable bonds is 6. The number of benzene rings is 1. The van der Waals surface area contributed by atoms with Gasteiger partial charge in [-0.25, -0.2) is 0 Å². The maximum absolute atomic E-state index is 10.4.